The highest BCUT2D eigenvalue weighted by Gasteiger charge is 2.09. The Morgan fingerprint density at radius 3 is 2.32 bits per heavy atom. The van der Waals surface area contributed by atoms with E-state index >= 15 is 0 Å². The number of benzene rings is 2. The molecule has 28 heavy (non-hydrogen) atoms. The molecule has 0 aliphatic carbocycles. The van der Waals surface area contributed by atoms with Crippen molar-refractivity contribution in [2.24, 2.45) is 0 Å². The fourth-order valence-electron chi connectivity index (χ4n) is 2.54. The van der Waals surface area contributed by atoms with Crippen molar-refractivity contribution in [1.82, 2.24) is 4.98 Å². The van der Waals surface area contributed by atoms with Crippen LogP contribution in [0.15, 0.2) is 66.9 Å². The molecule has 0 bridgehead atoms. The van der Waals surface area contributed by atoms with Gasteiger partial charge in [-0.15, -0.1) is 0 Å². The number of hydrogen-bond donors (Lipinski definition) is 3. The molecule has 0 saturated heterocycles. The van der Waals surface area contributed by atoms with Crippen molar-refractivity contribution in [2.75, 3.05) is 23.1 Å². The lowest BCUT2D eigenvalue weighted by molar-refractivity contribution is -0.114. The fourth-order valence-corrected chi connectivity index (χ4v) is 2.54. The molecule has 2 amide bonds. The zero-order chi connectivity index (χ0) is 19.9. The number of anilines is 4. The second-order valence-electron chi connectivity index (χ2n) is 6.00. The zero-order valence-corrected chi connectivity index (χ0v) is 15.5. The molecule has 7 nitrogen and oxygen atoms in total. The Labute approximate surface area is 162 Å². The molecule has 0 unspecified atom stereocenters. The smallest absolute Gasteiger partial charge is 0.274 e. The lowest BCUT2D eigenvalue weighted by Gasteiger charge is -2.10. The number of nitrogens with one attached hydrogen (secondary N) is 3. The highest BCUT2D eigenvalue weighted by Crippen LogP contribution is 2.21. The Morgan fingerprint density at radius 1 is 0.857 bits per heavy atom. The predicted molar refractivity (Wildman–Crippen MR) is 109 cm³/mol. The van der Waals surface area contributed by atoms with Crippen molar-refractivity contribution in [3.63, 3.8) is 0 Å². The molecule has 0 radical (unpaired) electrons. The van der Waals surface area contributed by atoms with E-state index in [1.807, 2.05) is 12.1 Å². The molecule has 142 valence electrons. The van der Waals surface area contributed by atoms with Crippen molar-refractivity contribution in [3.05, 3.63) is 72.6 Å². The first-order valence-electron chi connectivity index (χ1n) is 8.59. The van der Waals surface area contributed by atoms with E-state index in [9.17, 15) is 9.59 Å². The van der Waals surface area contributed by atoms with E-state index in [0.29, 0.717) is 17.1 Å². The molecule has 3 aromatic rings. The number of ether oxygens (including phenoxy) is 1. The highest BCUT2D eigenvalue weighted by molar-refractivity contribution is 6.03. The molecule has 0 fully saturated rings. The second kappa shape index (κ2) is 8.68. The van der Waals surface area contributed by atoms with E-state index in [1.165, 1.54) is 6.92 Å². The van der Waals surface area contributed by atoms with Gasteiger partial charge in [-0.1, -0.05) is 6.07 Å². The van der Waals surface area contributed by atoms with Crippen LogP contribution in [0.25, 0.3) is 0 Å². The van der Waals surface area contributed by atoms with E-state index < -0.39 is 0 Å². The summed E-state index contributed by atoms with van der Waals surface area (Å²) >= 11 is 0. The van der Waals surface area contributed by atoms with Gasteiger partial charge in [-0.05, 0) is 48.5 Å². The van der Waals surface area contributed by atoms with Crippen LogP contribution in [0.3, 0.4) is 0 Å². The van der Waals surface area contributed by atoms with Crippen molar-refractivity contribution in [3.8, 4) is 5.75 Å². The van der Waals surface area contributed by atoms with Gasteiger partial charge in [-0.2, -0.15) is 0 Å². The molecule has 0 spiro atoms. The van der Waals surface area contributed by atoms with Crippen LogP contribution in [0.1, 0.15) is 17.4 Å². The van der Waals surface area contributed by atoms with Gasteiger partial charge in [-0.3, -0.25) is 14.6 Å². The molecule has 0 aliphatic heterocycles. The molecule has 0 atom stereocenters. The largest absolute Gasteiger partial charge is 0.497 e. The number of amides is 2. The van der Waals surface area contributed by atoms with Gasteiger partial charge in [0.25, 0.3) is 5.91 Å². The lowest BCUT2D eigenvalue weighted by atomic mass is 10.2. The third-order valence-corrected chi connectivity index (χ3v) is 3.81. The Hall–Kier alpha value is -3.87. The summed E-state index contributed by atoms with van der Waals surface area (Å²) in [7, 11) is 1.57. The number of methoxy groups -OCH3 is 1. The van der Waals surface area contributed by atoms with Gasteiger partial charge in [0.05, 0.1) is 7.11 Å². The number of nitrogens with zero attached hydrogens (tertiary/aromatic N) is 1. The minimum absolute atomic E-state index is 0.124. The molecular formula is C21H20N4O3. The molecule has 7 heteroatoms. The van der Waals surface area contributed by atoms with E-state index in [2.05, 4.69) is 20.9 Å². The van der Waals surface area contributed by atoms with E-state index in [4.69, 9.17) is 4.74 Å². The molecule has 0 aliphatic rings. The van der Waals surface area contributed by atoms with Crippen molar-refractivity contribution < 1.29 is 14.3 Å². The molecule has 1 heterocycles. The van der Waals surface area contributed by atoms with Gasteiger partial charge in [0.15, 0.2) is 0 Å². The number of carbonyl (C=O) groups is 2. The summed E-state index contributed by atoms with van der Waals surface area (Å²) in [6.07, 6.45) is 1.56. The topological polar surface area (TPSA) is 92.4 Å². The molecule has 3 rings (SSSR count). The SMILES string of the molecule is COc1cccc(NC(=O)c2cc(Nc3ccc(NC(C)=O)cc3)ccn2)c1. The first-order chi connectivity index (χ1) is 13.5. The minimum Gasteiger partial charge on any atom is -0.497 e. The predicted octanol–water partition coefficient (Wildman–Crippen LogP) is 4.04. The van der Waals surface area contributed by atoms with Gasteiger partial charge >= 0.3 is 0 Å². The standard InChI is InChI=1S/C21H20N4O3/c1-14(26)23-15-6-8-16(9-7-15)24-18-10-11-22-20(13-18)21(27)25-17-4-3-5-19(12-17)28-2/h3-13H,1-2H3,(H,22,24)(H,23,26)(H,25,27). The van der Waals surface area contributed by atoms with Crippen molar-refractivity contribution >= 4 is 34.6 Å². The average Bonchev–Trinajstić information content (AvgIpc) is 2.69. The number of carbonyl (C=O) groups excluding carboxylic acids is 2. The summed E-state index contributed by atoms with van der Waals surface area (Å²) in [5.41, 5.74) is 3.16. The first kappa shape index (κ1) is 18.9. The lowest BCUT2D eigenvalue weighted by Crippen LogP contribution is -2.13. The molecular weight excluding hydrogens is 356 g/mol. The summed E-state index contributed by atoms with van der Waals surface area (Å²) in [5, 5.41) is 8.72. The van der Waals surface area contributed by atoms with Crippen LogP contribution in [-0.4, -0.2) is 23.9 Å². The second-order valence-corrected chi connectivity index (χ2v) is 6.00. The summed E-state index contributed by atoms with van der Waals surface area (Å²) in [5.74, 6) is 0.211. The van der Waals surface area contributed by atoms with Gasteiger partial charge < -0.3 is 20.7 Å². The Kier molecular flexibility index (Phi) is 5.86. The van der Waals surface area contributed by atoms with Crippen molar-refractivity contribution in [1.29, 1.82) is 0 Å². The van der Waals surface area contributed by atoms with Gasteiger partial charge in [0.2, 0.25) is 5.91 Å². The quantitative estimate of drug-likeness (QED) is 0.604. The number of pyridine rings is 1. The van der Waals surface area contributed by atoms with Crippen LogP contribution in [0.4, 0.5) is 22.7 Å². The Balaban J connectivity index is 1.69. The fraction of sp³-hybridized carbons (Fsp3) is 0.0952. The molecule has 2 aromatic carbocycles. The molecule has 3 N–H and O–H groups in total. The summed E-state index contributed by atoms with van der Waals surface area (Å²) in [4.78, 5) is 27.7. The monoisotopic (exact) mass is 376 g/mol. The molecule has 0 saturated carbocycles. The van der Waals surface area contributed by atoms with Gasteiger partial charge in [-0.25, -0.2) is 0 Å². The number of hydrogen-bond acceptors (Lipinski definition) is 5. The average molecular weight is 376 g/mol. The maximum atomic E-state index is 12.5. The van der Waals surface area contributed by atoms with Crippen LogP contribution in [0.2, 0.25) is 0 Å². The third kappa shape index (κ3) is 5.07. The summed E-state index contributed by atoms with van der Waals surface area (Å²) < 4.78 is 5.16. The van der Waals surface area contributed by atoms with Crippen LogP contribution in [0, 0.1) is 0 Å². The van der Waals surface area contributed by atoms with E-state index in [-0.39, 0.29) is 17.5 Å². The first-order valence-corrected chi connectivity index (χ1v) is 8.59. The summed E-state index contributed by atoms with van der Waals surface area (Å²) in [6.45, 7) is 1.46. The van der Waals surface area contributed by atoms with E-state index in [1.54, 1.807) is 61.8 Å². The Morgan fingerprint density at radius 2 is 1.61 bits per heavy atom. The van der Waals surface area contributed by atoms with Crippen LogP contribution < -0.4 is 20.7 Å². The minimum atomic E-state index is -0.321. The normalized spacial score (nSPS) is 10.1. The number of rotatable bonds is 6. The highest BCUT2D eigenvalue weighted by atomic mass is 16.5. The zero-order valence-electron chi connectivity index (χ0n) is 15.5. The van der Waals surface area contributed by atoms with E-state index in [0.717, 1.165) is 11.4 Å². The molecule has 1 aromatic heterocycles. The van der Waals surface area contributed by atoms with Crippen LogP contribution in [0.5, 0.6) is 5.75 Å². The van der Waals surface area contributed by atoms with Gasteiger partial charge in [0, 0.05) is 41.9 Å². The summed E-state index contributed by atoms with van der Waals surface area (Å²) in [6, 6.07) is 17.8. The van der Waals surface area contributed by atoms with Crippen LogP contribution in [-0.2, 0) is 4.79 Å². The maximum Gasteiger partial charge on any atom is 0.274 e. The maximum absolute atomic E-state index is 12.5. The number of aromatic nitrogens is 1. The van der Waals surface area contributed by atoms with Crippen molar-refractivity contribution in [2.45, 2.75) is 6.92 Å². The van der Waals surface area contributed by atoms with Crippen LogP contribution >= 0.6 is 0 Å². The van der Waals surface area contributed by atoms with Gasteiger partial charge in [0.1, 0.15) is 11.4 Å². The Bertz CT molecular complexity index is 987. The third-order valence-electron chi connectivity index (χ3n) is 3.81.